The molecular formula is C12H17BrN2O3S. The number of rotatable bonds is 4. The van der Waals surface area contributed by atoms with E-state index < -0.39 is 15.6 Å². The Morgan fingerprint density at radius 3 is 2.58 bits per heavy atom. The molecule has 0 aliphatic heterocycles. The molecule has 0 aromatic heterocycles. The number of aliphatic hydroxyl groups is 1. The molecule has 106 valence electrons. The lowest BCUT2D eigenvalue weighted by atomic mass is 10.0. The summed E-state index contributed by atoms with van der Waals surface area (Å²) in [5.41, 5.74) is 5.19. The highest BCUT2D eigenvalue weighted by molar-refractivity contribution is 9.10. The number of benzene rings is 1. The van der Waals surface area contributed by atoms with Gasteiger partial charge in [0, 0.05) is 4.47 Å². The molecule has 1 aliphatic carbocycles. The third kappa shape index (κ3) is 3.10. The van der Waals surface area contributed by atoms with Crippen LogP contribution in [0.1, 0.15) is 25.7 Å². The minimum atomic E-state index is -3.73. The molecule has 1 saturated carbocycles. The zero-order valence-electron chi connectivity index (χ0n) is 10.4. The van der Waals surface area contributed by atoms with E-state index in [1.54, 1.807) is 12.1 Å². The number of nitrogen functional groups attached to an aromatic ring is 1. The van der Waals surface area contributed by atoms with Gasteiger partial charge in [0.25, 0.3) is 0 Å². The first-order valence-corrected chi connectivity index (χ1v) is 8.36. The van der Waals surface area contributed by atoms with Gasteiger partial charge in [-0.2, -0.15) is 0 Å². The van der Waals surface area contributed by atoms with Crippen molar-refractivity contribution in [3.63, 3.8) is 0 Å². The highest BCUT2D eigenvalue weighted by atomic mass is 79.9. The second kappa shape index (κ2) is 5.40. The lowest BCUT2D eigenvalue weighted by Gasteiger charge is -2.27. The number of hydrogen-bond acceptors (Lipinski definition) is 4. The van der Waals surface area contributed by atoms with Crippen molar-refractivity contribution in [2.75, 3.05) is 12.3 Å². The van der Waals surface area contributed by atoms with Crippen molar-refractivity contribution in [3.05, 3.63) is 22.7 Å². The average molecular weight is 349 g/mol. The smallest absolute Gasteiger partial charge is 0.243 e. The quantitative estimate of drug-likeness (QED) is 0.720. The van der Waals surface area contributed by atoms with Gasteiger partial charge >= 0.3 is 0 Å². The molecular weight excluding hydrogens is 332 g/mol. The minimum absolute atomic E-state index is 0.0431. The van der Waals surface area contributed by atoms with Crippen LogP contribution in [0.25, 0.3) is 0 Å². The number of sulfonamides is 1. The first kappa shape index (κ1) is 14.8. The summed E-state index contributed by atoms with van der Waals surface area (Å²) in [6.07, 6.45) is 3.13. The van der Waals surface area contributed by atoms with Gasteiger partial charge in [-0.3, -0.25) is 0 Å². The standard InChI is InChI=1S/C12H17BrN2O3S/c13-9-3-4-10(14)11(7-9)19(17,18)15-12(8-16)5-1-2-6-12/h3-4,7,15-16H,1-2,5-6,8,14H2. The molecule has 0 radical (unpaired) electrons. The molecule has 19 heavy (non-hydrogen) atoms. The van der Waals surface area contributed by atoms with Crippen LogP contribution in [0.15, 0.2) is 27.6 Å². The fourth-order valence-corrected chi connectivity index (χ4v) is 4.55. The van der Waals surface area contributed by atoms with Crippen LogP contribution in [0.4, 0.5) is 5.69 Å². The average Bonchev–Trinajstić information content (AvgIpc) is 2.80. The molecule has 0 atom stereocenters. The van der Waals surface area contributed by atoms with Gasteiger partial charge in [-0.25, -0.2) is 13.1 Å². The van der Waals surface area contributed by atoms with E-state index in [-0.39, 0.29) is 17.2 Å². The third-order valence-corrected chi connectivity index (χ3v) is 5.61. The molecule has 1 fully saturated rings. The molecule has 7 heteroatoms. The summed E-state index contributed by atoms with van der Waals surface area (Å²) < 4.78 is 28.1. The van der Waals surface area contributed by atoms with Crippen molar-refractivity contribution in [2.45, 2.75) is 36.1 Å². The molecule has 2 rings (SSSR count). The monoisotopic (exact) mass is 348 g/mol. The number of aliphatic hydroxyl groups excluding tert-OH is 1. The zero-order chi connectivity index (χ0) is 14.1. The Bertz CT molecular complexity index is 568. The summed E-state index contributed by atoms with van der Waals surface area (Å²) >= 11 is 3.23. The summed E-state index contributed by atoms with van der Waals surface area (Å²) in [6, 6.07) is 4.70. The molecule has 0 heterocycles. The van der Waals surface area contributed by atoms with Crippen LogP contribution in [0.3, 0.4) is 0 Å². The molecule has 4 N–H and O–H groups in total. The molecule has 0 saturated heterocycles. The lowest BCUT2D eigenvalue weighted by molar-refractivity contribution is 0.185. The van der Waals surface area contributed by atoms with Crippen LogP contribution in [-0.4, -0.2) is 25.7 Å². The molecule has 0 spiro atoms. The van der Waals surface area contributed by atoms with Gasteiger partial charge in [-0.05, 0) is 31.0 Å². The SMILES string of the molecule is Nc1ccc(Br)cc1S(=O)(=O)NC1(CO)CCCC1. The highest BCUT2D eigenvalue weighted by Gasteiger charge is 2.38. The molecule has 1 aromatic carbocycles. The van der Waals surface area contributed by atoms with E-state index in [9.17, 15) is 13.5 Å². The number of anilines is 1. The zero-order valence-corrected chi connectivity index (χ0v) is 12.8. The van der Waals surface area contributed by atoms with E-state index in [1.807, 2.05) is 0 Å². The van der Waals surface area contributed by atoms with E-state index in [0.29, 0.717) is 17.3 Å². The van der Waals surface area contributed by atoms with E-state index >= 15 is 0 Å². The van der Waals surface area contributed by atoms with Crippen LogP contribution in [0.2, 0.25) is 0 Å². The number of halogens is 1. The fourth-order valence-electron chi connectivity index (χ4n) is 2.43. The van der Waals surface area contributed by atoms with Gasteiger partial charge in [0.1, 0.15) is 4.90 Å². The van der Waals surface area contributed by atoms with Crippen LogP contribution in [-0.2, 0) is 10.0 Å². The van der Waals surface area contributed by atoms with Crippen molar-refractivity contribution in [3.8, 4) is 0 Å². The predicted molar refractivity (Wildman–Crippen MR) is 77.2 cm³/mol. The predicted octanol–water partition coefficient (Wildman–Crippen LogP) is 1.61. The van der Waals surface area contributed by atoms with Gasteiger partial charge < -0.3 is 10.8 Å². The number of hydrogen-bond donors (Lipinski definition) is 3. The van der Waals surface area contributed by atoms with Crippen molar-refractivity contribution < 1.29 is 13.5 Å². The largest absolute Gasteiger partial charge is 0.398 e. The molecule has 1 aromatic rings. The van der Waals surface area contributed by atoms with Gasteiger partial charge in [0.05, 0.1) is 17.8 Å². The minimum Gasteiger partial charge on any atom is -0.398 e. The van der Waals surface area contributed by atoms with E-state index in [1.165, 1.54) is 6.07 Å². The first-order valence-electron chi connectivity index (χ1n) is 6.08. The Labute approximate surface area is 121 Å². The molecule has 0 bridgehead atoms. The Balaban J connectivity index is 2.34. The summed E-state index contributed by atoms with van der Waals surface area (Å²) in [4.78, 5) is 0.0431. The third-order valence-electron chi connectivity index (χ3n) is 3.48. The summed E-state index contributed by atoms with van der Waals surface area (Å²) in [5.74, 6) is 0. The topological polar surface area (TPSA) is 92.4 Å². The van der Waals surface area contributed by atoms with Gasteiger partial charge in [-0.1, -0.05) is 28.8 Å². The van der Waals surface area contributed by atoms with Gasteiger partial charge in [0.15, 0.2) is 0 Å². The fraction of sp³-hybridized carbons (Fsp3) is 0.500. The Morgan fingerprint density at radius 1 is 1.37 bits per heavy atom. The van der Waals surface area contributed by atoms with Crippen LogP contribution >= 0.6 is 15.9 Å². The Morgan fingerprint density at radius 2 is 2.00 bits per heavy atom. The second-order valence-electron chi connectivity index (χ2n) is 4.93. The van der Waals surface area contributed by atoms with Gasteiger partial charge in [-0.15, -0.1) is 0 Å². The van der Waals surface area contributed by atoms with Crippen molar-refractivity contribution in [1.82, 2.24) is 4.72 Å². The maximum atomic E-state index is 12.4. The molecule has 5 nitrogen and oxygen atoms in total. The normalized spacial score (nSPS) is 18.6. The van der Waals surface area contributed by atoms with Crippen LogP contribution in [0.5, 0.6) is 0 Å². The number of nitrogens with two attached hydrogens (primary N) is 1. The molecule has 0 unspecified atom stereocenters. The summed E-state index contributed by atoms with van der Waals surface area (Å²) in [5, 5.41) is 9.48. The van der Waals surface area contributed by atoms with E-state index in [2.05, 4.69) is 20.7 Å². The maximum Gasteiger partial charge on any atom is 0.243 e. The summed E-state index contributed by atoms with van der Waals surface area (Å²) in [6.45, 7) is -0.194. The molecule has 1 aliphatic rings. The van der Waals surface area contributed by atoms with Gasteiger partial charge in [0.2, 0.25) is 10.0 Å². The molecule has 0 amide bonds. The number of nitrogens with one attached hydrogen (secondary N) is 1. The maximum absolute atomic E-state index is 12.4. The Hall–Kier alpha value is -0.630. The van der Waals surface area contributed by atoms with Crippen LogP contribution in [0, 0.1) is 0 Å². The van der Waals surface area contributed by atoms with Crippen molar-refractivity contribution in [2.24, 2.45) is 0 Å². The van der Waals surface area contributed by atoms with Crippen molar-refractivity contribution >= 4 is 31.6 Å². The lowest BCUT2D eigenvalue weighted by Crippen LogP contribution is -2.49. The first-order chi connectivity index (χ1) is 8.88. The Kier molecular flexibility index (Phi) is 4.20. The van der Waals surface area contributed by atoms with Crippen LogP contribution < -0.4 is 10.5 Å². The summed E-state index contributed by atoms with van der Waals surface area (Å²) in [7, 11) is -3.73. The highest BCUT2D eigenvalue weighted by Crippen LogP contribution is 2.32. The van der Waals surface area contributed by atoms with Crippen molar-refractivity contribution in [1.29, 1.82) is 0 Å². The van der Waals surface area contributed by atoms with E-state index in [0.717, 1.165) is 12.8 Å². The van der Waals surface area contributed by atoms with E-state index in [4.69, 9.17) is 5.73 Å². The second-order valence-corrected chi connectivity index (χ2v) is 7.50.